The quantitative estimate of drug-likeness (QED) is 0.786. The first-order valence-electron chi connectivity index (χ1n) is 6.70. The molecule has 0 saturated carbocycles. The molecule has 0 bridgehead atoms. The summed E-state index contributed by atoms with van der Waals surface area (Å²) in [6, 6.07) is 6.26. The van der Waals surface area contributed by atoms with Gasteiger partial charge in [-0.2, -0.15) is 13.2 Å². The fourth-order valence-corrected chi connectivity index (χ4v) is 2.33. The Labute approximate surface area is 120 Å². The predicted molar refractivity (Wildman–Crippen MR) is 70.4 cm³/mol. The molecule has 7 heteroatoms. The lowest BCUT2D eigenvalue weighted by Gasteiger charge is -2.31. The zero-order valence-electron chi connectivity index (χ0n) is 11.3. The second-order valence-corrected chi connectivity index (χ2v) is 5.09. The highest BCUT2D eigenvalue weighted by atomic mass is 19.4. The number of amides is 1. The maximum atomic E-state index is 13.2. The molecule has 1 heterocycles. The molecule has 1 aromatic carbocycles. The molecular formula is C14H17F3N2O2. The third-order valence-corrected chi connectivity index (χ3v) is 3.62. The summed E-state index contributed by atoms with van der Waals surface area (Å²) >= 11 is 0. The summed E-state index contributed by atoms with van der Waals surface area (Å²) in [6.45, 7) is -0.238. The van der Waals surface area contributed by atoms with E-state index in [-0.39, 0.29) is 5.56 Å². The molecule has 1 amide bonds. The van der Waals surface area contributed by atoms with Gasteiger partial charge in [0, 0.05) is 0 Å². The lowest BCUT2D eigenvalue weighted by Crippen LogP contribution is -2.53. The van der Waals surface area contributed by atoms with Crippen LogP contribution in [0.15, 0.2) is 30.3 Å². The van der Waals surface area contributed by atoms with Gasteiger partial charge in [-0.3, -0.25) is 4.79 Å². The monoisotopic (exact) mass is 302 g/mol. The maximum Gasteiger partial charge on any atom is 0.423 e. The molecule has 1 aliphatic rings. The predicted octanol–water partition coefficient (Wildman–Crippen LogP) is 1.30. The molecule has 0 spiro atoms. The minimum atomic E-state index is -4.88. The van der Waals surface area contributed by atoms with Gasteiger partial charge in [0.15, 0.2) is 0 Å². The van der Waals surface area contributed by atoms with Crippen LogP contribution >= 0.6 is 0 Å². The number of rotatable bonds is 4. The molecule has 2 rings (SSSR count). The van der Waals surface area contributed by atoms with E-state index in [1.165, 1.54) is 24.3 Å². The van der Waals surface area contributed by atoms with Crippen LogP contribution in [-0.2, 0) is 10.4 Å². The molecule has 0 aliphatic carbocycles. The molecule has 2 unspecified atom stereocenters. The zero-order valence-corrected chi connectivity index (χ0v) is 11.3. The van der Waals surface area contributed by atoms with Crippen molar-refractivity contribution < 1.29 is 23.1 Å². The van der Waals surface area contributed by atoms with Crippen molar-refractivity contribution in [3.8, 4) is 0 Å². The van der Waals surface area contributed by atoms with E-state index in [0.29, 0.717) is 13.0 Å². The van der Waals surface area contributed by atoms with E-state index in [0.717, 1.165) is 6.42 Å². The molecule has 4 nitrogen and oxygen atoms in total. The molecule has 116 valence electrons. The van der Waals surface area contributed by atoms with Crippen LogP contribution < -0.4 is 10.6 Å². The van der Waals surface area contributed by atoms with Crippen molar-refractivity contribution in [2.45, 2.75) is 30.7 Å². The molecule has 1 fully saturated rings. The third kappa shape index (κ3) is 3.36. The van der Waals surface area contributed by atoms with Crippen molar-refractivity contribution >= 4 is 5.91 Å². The summed E-state index contributed by atoms with van der Waals surface area (Å²) in [6.07, 6.45) is -3.49. The average Bonchev–Trinajstić information content (AvgIpc) is 2.98. The number of halogens is 3. The van der Waals surface area contributed by atoms with Gasteiger partial charge in [0.25, 0.3) is 0 Å². The Morgan fingerprint density at radius 2 is 2.00 bits per heavy atom. The topological polar surface area (TPSA) is 61.4 Å². The third-order valence-electron chi connectivity index (χ3n) is 3.62. The molecule has 3 N–H and O–H groups in total. The van der Waals surface area contributed by atoms with E-state index in [4.69, 9.17) is 0 Å². The van der Waals surface area contributed by atoms with Crippen LogP contribution in [0.1, 0.15) is 18.4 Å². The summed E-state index contributed by atoms with van der Waals surface area (Å²) in [5.41, 5.74) is -3.39. The van der Waals surface area contributed by atoms with Crippen molar-refractivity contribution in [1.29, 1.82) is 0 Å². The number of hydrogen-bond acceptors (Lipinski definition) is 3. The molecule has 2 atom stereocenters. The van der Waals surface area contributed by atoms with Crippen LogP contribution in [-0.4, -0.2) is 36.3 Å². The molecule has 21 heavy (non-hydrogen) atoms. The fraction of sp³-hybridized carbons (Fsp3) is 0.500. The minimum Gasteiger partial charge on any atom is -0.375 e. The molecule has 1 aliphatic heterocycles. The normalized spacial score (nSPS) is 21.8. The second-order valence-electron chi connectivity index (χ2n) is 5.09. The lowest BCUT2D eigenvalue weighted by molar-refractivity contribution is -0.264. The van der Waals surface area contributed by atoms with Gasteiger partial charge in [0.1, 0.15) is 0 Å². The van der Waals surface area contributed by atoms with E-state index >= 15 is 0 Å². The van der Waals surface area contributed by atoms with Gasteiger partial charge < -0.3 is 15.7 Å². The number of carbonyl (C=O) groups excluding carboxylic acids is 1. The first-order chi connectivity index (χ1) is 9.84. The Bertz CT molecular complexity index is 487. The Kier molecular flexibility index (Phi) is 4.53. The fourth-order valence-electron chi connectivity index (χ4n) is 2.33. The lowest BCUT2D eigenvalue weighted by atomic mass is 9.93. The summed E-state index contributed by atoms with van der Waals surface area (Å²) in [5.74, 6) is -0.522. The number of hydrogen-bond donors (Lipinski definition) is 3. The van der Waals surface area contributed by atoms with Gasteiger partial charge >= 0.3 is 6.18 Å². The van der Waals surface area contributed by atoms with Gasteiger partial charge in [-0.1, -0.05) is 30.3 Å². The molecule has 0 radical (unpaired) electrons. The van der Waals surface area contributed by atoms with Crippen molar-refractivity contribution in [2.24, 2.45) is 0 Å². The smallest absolute Gasteiger partial charge is 0.375 e. The van der Waals surface area contributed by atoms with Crippen LogP contribution in [0.25, 0.3) is 0 Å². The number of nitrogens with one attached hydrogen (secondary N) is 2. The van der Waals surface area contributed by atoms with Crippen molar-refractivity contribution in [2.75, 3.05) is 13.1 Å². The highest BCUT2D eigenvalue weighted by molar-refractivity contribution is 5.82. The van der Waals surface area contributed by atoms with E-state index in [1.807, 2.05) is 0 Å². The summed E-state index contributed by atoms with van der Waals surface area (Å²) in [4.78, 5) is 11.8. The Morgan fingerprint density at radius 3 is 2.52 bits per heavy atom. The Morgan fingerprint density at radius 1 is 1.33 bits per heavy atom. The number of aliphatic hydroxyl groups is 1. The molecule has 0 aromatic heterocycles. The summed E-state index contributed by atoms with van der Waals surface area (Å²) in [5, 5.41) is 15.1. The Hall–Kier alpha value is -1.60. The maximum absolute atomic E-state index is 13.2. The van der Waals surface area contributed by atoms with Crippen LogP contribution in [0.4, 0.5) is 13.2 Å². The van der Waals surface area contributed by atoms with Crippen molar-refractivity contribution in [1.82, 2.24) is 10.6 Å². The largest absolute Gasteiger partial charge is 0.423 e. The van der Waals surface area contributed by atoms with E-state index in [9.17, 15) is 23.1 Å². The van der Waals surface area contributed by atoms with Crippen LogP contribution in [0.2, 0.25) is 0 Å². The van der Waals surface area contributed by atoms with Gasteiger partial charge in [-0.25, -0.2) is 0 Å². The number of benzene rings is 1. The van der Waals surface area contributed by atoms with Gasteiger partial charge in [0.2, 0.25) is 11.5 Å². The molecule has 1 aromatic rings. The number of alkyl halides is 3. The van der Waals surface area contributed by atoms with Gasteiger partial charge in [0.05, 0.1) is 12.6 Å². The summed E-state index contributed by atoms with van der Waals surface area (Å²) < 4.78 is 39.6. The second kappa shape index (κ2) is 6.03. The molecular weight excluding hydrogens is 285 g/mol. The van der Waals surface area contributed by atoms with Gasteiger partial charge in [-0.05, 0) is 24.9 Å². The molecule has 1 saturated heterocycles. The standard InChI is InChI=1S/C14H17F3N2O2/c15-14(16,17)13(21,10-5-2-1-3-6-10)9-19-12(20)11-7-4-8-18-11/h1-3,5-6,11,18,21H,4,7-9H2,(H,19,20). The Balaban J connectivity index is 2.12. The van der Waals surface area contributed by atoms with Crippen molar-refractivity contribution in [3.05, 3.63) is 35.9 Å². The first kappa shape index (κ1) is 15.8. The van der Waals surface area contributed by atoms with Crippen LogP contribution in [0.5, 0.6) is 0 Å². The van der Waals surface area contributed by atoms with Crippen LogP contribution in [0, 0.1) is 0 Å². The van der Waals surface area contributed by atoms with E-state index in [2.05, 4.69) is 10.6 Å². The number of carbonyl (C=O) groups is 1. The van der Waals surface area contributed by atoms with E-state index in [1.54, 1.807) is 6.07 Å². The minimum absolute atomic E-state index is 0.294. The van der Waals surface area contributed by atoms with E-state index < -0.39 is 30.3 Å². The van der Waals surface area contributed by atoms with Crippen molar-refractivity contribution in [3.63, 3.8) is 0 Å². The average molecular weight is 302 g/mol. The SMILES string of the molecule is O=C(NCC(O)(c1ccccc1)C(F)(F)F)C1CCCN1. The first-order valence-corrected chi connectivity index (χ1v) is 6.70. The highest BCUT2D eigenvalue weighted by Crippen LogP contribution is 2.38. The van der Waals surface area contributed by atoms with Gasteiger partial charge in [-0.15, -0.1) is 0 Å². The summed E-state index contributed by atoms with van der Waals surface area (Å²) in [7, 11) is 0. The zero-order chi connectivity index (χ0) is 15.5. The highest BCUT2D eigenvalue weighted by Gasteiger charge is 2.55. The van der Waals surface area contributed by atoms with Crippen LogP contribution in [0.3, 0.4) is 0 Å².